The van der Waals surface area contributed by atoms with Crippen molar-refractivity contribution in [3.05, 3.63) is 0 Å². The fraction of sp³-hybridized carbons (Fsp3) is 1.00. The number of hydrogen-bond donors (Lipinski definition) is 2. The predicted molar refractivity (Wildman–Crippen MR) is 81.9 cm³/mol. The smallest absolute Gasteiger partial charge is 0.0652 e. The summed E-state index contributed by atoms with van der Waals surface area (Å²) in [7, 11) is 0. The molecule has 0 rings (SSSR count). The summed E-state index contributed by atoms with van der Waals surface area (Å²) in [6.45, 7) is 10.1. The lowest BCUT2D eigenvalue weighted by Gasteiger charge is -2.30. The Morgan fingerprint density at radius 1 is 0.800 bits per heavy atom. The van der Waals surface area contributed by atoms with Crippen LogP contribution in [0.5, 0.6) is 0 Å². The molecule has 0 aromatic heterocycles. The van der Waals surface area contributed by atoms with Gasteiger partial charge < -0.3 is 19.7 Å². The summed E-state index contributed by atoms with van der Waals surface area (Å²) in [6.07, 6.45) is 5.24. The Morgan fingerprint density at radius 3 is 1.95 bits per heavy atom. The maximum absolute atomic E-state index is 8.92. The van der Waals surface area contributed by atoms with Crippen LogP contribution in [0.2, 0.25) is 0 Å². The molecule has 20 heavy (non-hydrogen) atoms. The van der Waals surface area contributed by atoms with E-state index in [0.717, 1.165) is 38.7 Å². The Morgan fingerprint density at radius 2 is 1.40 bits per heavy atom. The fourth-order valence-electron chi connectivity index (χ4n) is 2.11. The molecule has 0 saturated carbocycles. The van der Waals surface area contributed by atoms with Crippen LogP contribution in [0, 0.1) is 0 Å². The van der Waals surface area contributed by atoms with E-state index >= 15 is 0 Å². The van der Waals surface area contributed by atoms with Crippen LogP contribution < -0.4 is 0 Å². The van der Waals surface area contributed by atoms with Crippen LogP contribution in [-0.4, -0.2) is 47.8 Å². The van der Waals surface area contributed by atoms with Gasteiger partial charge in [-0.15, -0.1) is 0 Å². The highest BCUT2D eigenvalue weighted by atomic mass is 16.5. The lowest BCUT2D eigenvalue weighted by Crippen LogP contribution is -2.30. The Bertz CT molecular complexity index is 231. The summed E-state index contributed by atoms with van der Waals surface area (Å²) in [5, 5.41) is 17.7. The molecule has 1 unspecified atom stereocenters. The summed E-state index contributed by atoms with van der Waals surface area (Å²) in [6, 6.07) is 0. The van der Waals surface area contributed by atoms with Gasteiger partial charge in [0.1, 0.15) is 0 Å². The standard InChI is InChI=1S/C16H34O4/c1-5-16(4,10-6-11-17)20-13-7-9-15(2,3)19-14-8-12-18/h17-18H,5-14H2,1-4H3. The fourth-order valence-corrected chi connectivity index (χ4v) is 2.11. The Balaban J connectivity index is 3.86. The van der Waals surface area contributed by atoms with Crippen molar-refractivity contribution in [3.63, 3.8) is 0 Å². The second-order valence-corrected chi connectivity index (χ2v) is 6.27. The molecule has 4 nitrogen and oxygen atoms in total. The van der Waals surface area contributed by atoms with Crippen LogP contribution in [0.15, 0.2) is 0 Å². The lowest BCUT2D eigenvalue weighted by atomic mass is 9.96. The van der Waals surface area contributed by atoms with Gasteiger partial charge in [-0.2, -0.15) is 0 Å². The van der Waals surface area contributed by atoms with Gasteiger partial charge in [-0.25, -0.2) is 0 Å². The van der Waals surface area contributed by atoms with Gasteiger partial charge in [0.25, 0.3) is 0 Å². The van der Waals surface area contributed by atoms with Crippen LogP contribution in [0.4, 0.5) is 0 Å². The quantitative estimate of drug-likeness (QED) is 0.512. The van der Waals surface area contributed by atoms with E-state index in [1.807, 2.05) is 0 Å². The third kappa shape index (κ3) is 9.70. The molecule has 1 atom stereocenters. The minimum absolute atomic E-state index is 0.120. The molecule has 0 spiro atoms. The highest BCUT2D eigenvalue weighted by molar-refractivity contribution is 4.74. The van der Waals surface area contributed by atoms with Crippen LogP contribution in [0.25, 0.3) is 0 Å². The third-order valence-electron chi connectivity index (χ3n) is 3.78. The average Bonchev–Trinajstić information content (AvgIpc) is 2.42. The molecule has 0 aliphatic heterocycles. The van der Waals surface area contributed by atoms with Crippen molar-refractivity contribution in [3.8, 4) is 0 Å². The van der Waals surface area contributed by atoms with E-state index in [0.29, 0.717) is 13.0 Å². The number of ether oxygens (including phenoxy) is 2. The van der Waals surface area contributed by atoms with Crippen LogP contribution in [0.1, 0.15) is 66.2 Å². The molecule has 0 amide bonds. The second-order valence-electron chi connectivity index (χ2n) is 6.27. The summed E-state index contributed by atoms with van der Waals surface area (Å²) in [5.41, 5.74) is -0.281. The highest BCUT2D eigenvalue weighted by Crippen LogP contribution is 2.23. The van der Waals surface area contributed by atoms with Crippen LogP contribution >= 0.6 is 0 Å². The average molecular weight is 290 g/mol. The molecule has 0 aliphatic carbocycles. The molecular weight excluding hydrogens is 256 g/mol. The van der Waals surface area contributed by atoms with E-state index in [4.69, 9.17) is 19.7 Å². The van der Waals surface area contributed by atoms with E-state index in [1.54, 1.807) is 0 Å². The maximum Gasteiger partial charge on any atom is 0.0652 e. The van der Waals surface area contributed by atoms with E-state index in [9.17, 15) is 0 Å². The predicted octanol–water partition coefficient (Wildman–Crippen LogP) is 2.90. The summed E-state index contributed by atoms with van der Waals surface area (Å²) in [5.74, 6) is 0. The van der Waals surface area contributed by atoms with Gasteiger partial charge in [-0.3, -0.25) is 0 Å². The third-order valence-corrected chi connectivity index (χ3v) is 3.78. The molecule has 0 fully saturated rings. The molecule has 0 heterocycles. The normalized spacial score (nSPS) is 15.3. The number of aliphatic hydroxyl groups excluding tert-OH is 2. The molecule has 122 valence electrons. The Labute approximate surface area is 124 Å². The lowest BCUT2D eigenvalue weighted by molar-refractivity contribution is -0.0627. The SMILES string of the molecule is CCC(C)(CCCO)OCCCC(C)(C)OCCCO. The number of aliphatic hydroxyl groups is 2. The van der Waals surface area contributed by atoms with Crippen molar-refractivity contribution in [2.75, 3.05) is 26.4 Å². The van der Waals surface area contributed by atoms with Crippen LogP contribution in [-0.2, 0) is 9.47 Å². The van der Waals surface area contributed by atoms with E-state index in [1.165, 1.54) is 0 Å². The molecule has 4 heteroatoms. The van der Waals surface area contributed by atoms with E-state index in [2.05, 4.69) is 27.7 Å². The summed E-state index contributed by atoms with van der Waals surface area (Å²) in [4.78, 5) is 0. The number of hydrogen-bond acceptors (Lipinski definition) is 4. The first kappa shape index (κ1) is 19.8. The van der Waals surface area contributed by atoms with Crippen molar-refractivity contribution in [2.24, 2.45) is 0 Å². The zero-order valence-corrected chi connectivity index (χ0v) is 13.8. The molecule has 0 bridgehead atoms. The zero-order valence-electron chi connectivity index (χ0n) is 13.8. The van der Waals surface area contributed by atoms with Crippen molar-refractivity contribution >= 4 is 0 Å². The largest absolute Gasteiger partial charge is 0.396 e. The molecular formula is C16H34O4. The molecule has 0 saturated heterocycles. The molecule has 0 aliphatic rings. The van der Waals surface area contributed by atoms with Crippen molar-refractivity contribution in [2.45, 2.75) is 77.4 Å². The van der Waals surface area contributed by atoms with Gasteiger partial charge in [-0.1, -0.05) is 6.92 Å². The number of rotatable bonds is 13. The molecule has 2 N–H and O–H groups in total. The summed E-state index contributed by atoms with van der Waals surface area (Å²) >= 11 is 0. The van der Waals surface area contributed by atoms with Gasteiger partial charge in [0, 0.05) is 26.4 Å². The highest BCUT2D eigenvalue weighted by Gasteiger charge is 2.23. The van der Waals surface area contributed by atoms with Crippen molar-refractivity contribution < 1.29 is 19.7 Å². The minimum Gasteiger partial charge on any atom is -0.396 e. The van der Waals surface area contributed by atoms with Gasteiger partial charge >= 0.3 is 0 Å². The summed E-state index contributed by atoms with van der Waals surface area (Å²) < 4.78 is 11.7. The molecule has 0 aromatic rings. The van der Waals surface area contributed by atoms with Gasteiger partial charge in [0.05, 0.1) is 11.2 Å². The first-order valence-corrected chi connectivity index (χ1v) is 7.89. The first-order valence-electron chi connectivity index (χ1n) is 7.89. The van der Waals surface area contributed by atoms with Gasteiger partial charge in [0.2, 0.25) is 0 Å². The van der Waals surface area contributed by atoms with E-state index in [-0.39, 0.29) is 24.4 Å². The topological polar surface area (TPSA) is 58.9 Å². The maximum atomic E-state index is 8.92. The van der Waals surface area contributed by atoms with Gasteiger partial charge in [-0.05, 0) is 59.3 Å². The second kappa shape index (κ2) is 10.6. The Kier molecular flexibility index (Phi) is 10.5. The van der Waals surface area contributed by atoms with Crippen molar-refractivity contribution in [1.82, 2.24) is 0 Å². The molecule has 0 aromatic carbocycles. The zero-order chi connectivity index (χ0) is 15.5. The monoisotopic (exact) mass is 290 g/mol. The van der Waals surface area contributed by atoms with E-state index < -0.39 is 0 Å². The van der Waals surface area contributed by atoms with Gasteiger partial charge in [0.15, 0.2) is 0 Å². The molecule has 0 radical (unpaired) electrons. The van der Waals surface area contributed by atoms with Crippen LogP contribution in [0.3, 0.4) is 0 Å². The minimum atomic E-state index is -0.160. The Hall–Kier alpha value is -0.160. The first-order chi connectivity index (χ1) is 9.39. The van der Waals surface area contributed by atoms with Crippen molar-refractivity contribution in [1.29, 1.82) is 0 Å².